The largest absolute Gasteiger partial charge is 0.493 e. The summed E-state index contributed by atoms with van der Waals surface area (Å²) in [6, 6.07) is 11.0. The van der Waals surface area contributed by atoms with Crippen molar-refractivity contribution in [2.24, 2.45) is 11.8 Å². The van der Waals surface area contributed by atoms with Gasteiger partial charge in [-0.1, -0.05) is 11.6 Å². The van der Waals surface area contributed by atoms with Gasteiger partial charge in [0.2, 0.25) is 11.8 Å². The number of anilines is 1. The number of nitrogens with zero attached hydrogens (tertiary/aromatic N) is 8. The second kappa shape index (κ2) is 15.5. The summed E-state index contributed by atoms with van der Waals surface area (Å²) >= 11 is 5.72. The van der Waals surface area contributed by atoms with Crippen molar-refractivity contribution >= 4 is 63.4 Å². The Balaban J connectivity index is 0.000000263. The third-order valence-electron chi connectivity index (χ3n) is 11.7. The molecule has 16 nitrogen and oxygen atoms in total. The van der Waals surface area contributed by atoms with Crippen LogP contribution in [0.15, 0.2) is 61.2 Å². The summed E-state index contributed by atoms with van der Waals surface area (Å²) in [5.41, 5.74) is 3.48. The Hall–Kier alpha value is -5.87. The van der Waals surface area contributed by atoms with E-state index in [1.807, 2.05) is 6.07 Å². The molecule has 2 aromatic carbocycles. The Labute approximate surface area is 338 Å². The van der Waals surface area contributed by atoms with Gasteiger partial charge >= 0.3 is 0 Å². The molecule has 0 radical (unpaired) electrons. The van der Waals surface area contributed by atoms with Crippen LogP contribution in [0.1, 0.15) is 75.6 Å². The van der Waals surface area contributed by atoms with Crippen molar-refractivity contribution < 1.29 is 28.7 Å². The van der Waals surface area contributed by atoms with Gasteiger partial charge in [-0.3, -0.25) is 38.9 Å². The number of nitrogens with one attached hydrogen (secondary N) is 2. The van der Waals surface area contributed by atoms with Crippen molar-refractivity contribution in [3.05, 3.63) is 82.9 Å². The molecule has 5 aliphatic rings. The molecule has 3 saturated heterocycles. The zero-order valence-corrected chi connectivity index (χ0v) is 32.7. The van der Waals surface area contributed by atoms with Crippen molar-refractivity contribution in [2.75, 3.05) is 51.3 Å². The standard InChI is InChI=1S/C33H36N6O5.C8H7ClN4O/c40-30-8-7-29(31(41)34-30)39-32(42)26-6-4-24(13-27(26)33(39)43)37-16-21(17-37)15-36-11-9-23(10-12-36)38-18-22-3-5-25(14-28(22)35-38)44-19-20-1-2-20;1-10-8(14)6-3-12-13-4-5(9)2-11-7(6)13/h3-6,13-14,18,20-21,23,29H,1-2,7-12,15-17,19H2,(H,34,40,41);2-4H,1H3,(H,10,14). The van der Waals surface area contributed by atoms with Gasteiger partial charge in [-0.25, -0.2) is 9.50 Å². The van der Waals surface area contributed by atoms with Gasteiger partial charge in [0.1, 0.15) is 17.4 Å². The topological polar surface area (TPSA) is 176 Å². The summed E-state index contributed by atoms with van der Waals surface area (Å²) in [5.74, 6) is 0.0635. The van der Waals surface area contributed by atoms with Crippen molar-refractivity contribution in [1.29, 1.82) is 0 Å². The van der Waals surface area contributed by atoms with Gasteiger partial charge in [0, 0.05) is 81.6 Å². The maximum atomic E-state index is 13.2. The lowest BCUT2D eigenvalue weighted by Crippen LogP contribution is -2.54. The molecule has 1 unspecified atom stereocenters. The zero-order valence-electron chi connectivity index (χ0n) is 32.0. The van der Waals surface area contributed by atoms with E-state index in [1.165, 1.54) is 29.8 Å². The minimum absolute atomic E-state index is 0.110. The highest BCUT2D eigenvalue weighted by Crippen LogP contribution is 2.34. The number of likely N-dealkylation sites (tertiary alicyclic amines) is 1. The fourth-order valence-electron chi connectivity index (χ4n) is 8.22. The fourth-order valence-corrected chi connectivity index (χ4v) is 8.36. The normalized spacial score (nSPS) is 20.2. The third-order valence-corrected chi connectivity index (χ3v) is 11.9. The first kappa shape index (κ1) is 37.7. The molecule has 4 aliphatic heterocycles. The van der Waals surface area contributed by atoms with Crippen LogP contribution in [0.3, 0.4) is 0 Å². The molecule has 2 N–H and O–H groups in total. The minimum atomic E-state index is -0.947. The number of hydrogen-bond acceptors (Lipinski definition) is 11. The predicted octanol–water partition coefficient (Wildman–Crippen LogP) is 3.74. The highest BCUT2D eigenvalue weighted by atomic mass is 35.5. The molecule has 0 bridgehead atoms. The monoisotopic (exact) mass is 806 g/mol. The van der Waals surface area contributed by atoms with Crippen LogP contribution in [0, 0.1) is 11.8 Å². The highest BCUT2D eigenvalue weighted by molar-refractivity contribution is 6.30. The van der Waals surface area contributed by atoms with E-state index < -0.39 is 23.8 Å². The number of fused-ring (bicyclic) bond motifs is 3. The lowest BCUT2D eigenvalue weighted by atomic mass is 9.95. The van der Waals surface area contributed by atoms with E-state index >= 15 is 0 Å². The molecule has 0 spiro atoms. The summed E-state index contributed by atoms with van der Waals surface area (Å²) in [6.45, 7) is 5.72. The maximum Gasteiger partial charge on any atom is 0.262 e. The number of hydrogen-bond donors (Lipinski definition) is 2. The van der Waals surface area contributed by atoms with Crippen LogP contribution in [0.2, 0.25) is 5.02 Å². The molecule has 1 saturated carbocycles. The predicted molar refractivity (Wildman–Crippen MR) is 213 cm³/mol. The van der Waals surface area contributed by atoms with E-state index in [0.29, 0.717) is 39.3 Å². The lowest BCUT2D eigenvalue weighted by molar-refractivity contribution is -0.136. The lowest BCUT2D eigenvalue weighted by Gasteiger charge is -2.44. The SMILES string of the molecule is CNC(=O)c1cnn2cc(Cl)cnc12.O=C1CCC(N2C(=O)c3ccc(N4CC(CN5CCC(n6cc7ccc(OCC8CC8)cc7n6)CC5)C4)cc3C2=O)C(=O)N1. The molecule has 58 heavy (non-hydrogen) atoms. The number of benzene rings is 2. The first-order chi connectivity index (χ1) is 28.1. The van der Waals surface area contributed by atoms with Gasteiger partial charge in [-0.15, -0.1) is 0 Å². The van der Waals surface area contributed by atoms with Crippen LogP contribution in [-0.4, -0.2) is 116 Å². The van der Waals surface area contributed by atoms with Crippen molar-refractivity contribution in [2.45, 2.75) is 50.6 Å². The Morgan fingerprint density at radius 3 is 2.48 bits per heavy atom. The second-order valence-corrected chi connectivity index (χ2v) is 16.2. The summed E-state index contributed by atoms with van der Waals surface area (Å²) in [5, 5.41) is 15.2. The summed E-state index contributed by atoms with van der Waals surface area (Å²) in [4.78, 5) is 71.2. The van der Waals surface area contributed by atoms with Crippen LogP contribution in [-0.2, 0) is 9.59 Å². The molecule has 4 fully saturated rings. The average molecular weight is 807 g/mol. The van der Waals surface area contributed by atoms with E-state index in [1.54, 1.807) is 25.4 Å². The molecular weight excluding hydrogens is 764 g/mol. The van der Waals surface area contributed by atoms with E-state index in [2.05, 4.69) is 59.6 Å². The number of piperidine rings is 2. The average Bonchev–Trinajstić information content (AvgIpc) is 3.71. The number of amides is 5. The Kier molecular flexibility index (Phi) is 10.1. The van der Waals surface area contributed by atoms with Gasteiger partial charge in [0.15, 0.2) is 5.65 Å². The number of ether oxygens (including phenoxy) is 1. The quantitative estimate of drug-likeness (QED) is 0.208. The molecule has 300 valence electrons. The second-order valence-electron chi connectivity index (χ2n) is 15.7. The molecular formula is C41H43ClN10O6. The summed E-state index contributed by atoms with van der Waals surface area (Å²) in [6.07, 6.45) is 11.7. The van der Waals surface area contributed by atoms with E-state index in [-0.39, 0.29) is 24.7 Å². The first-order valence-electron chi connectivity index (χ1n) is 19.8. The Bertz CT molecular complexity index is 2450. The number of carbonyl (C=O) groups excluding carboxylic acids is 5. The molecule has 5 amide bonds. The molecule has 1 aliphatic carbocycles. The van der Waals surface area contributed by atoms with E-state index in [0.717, 1.165) is 85.3 Å². The smallest absolute Gasteiger partial charge is 0.262 e. The van der Waals surface area contributed by atoms with Gasteiger partial charge in [-0.05, 0) is 68.4 Å². The highest BCUT2D eigenvalue weighted by Gasteiger charge is 2.45. The van der Waals surface area contributed by atoms with Crippen molar-refractivity contribution in [3.63, 3.8) is 0 Å². The van der Waals surface area contributed by atoms with Gasteiger partial charge in [0.05, 0.1) is 46.7 Å². The van der Waals surface area contributed by atoms with Gasteiger partial charge in [0.25, 0.3) is 17.7 Å². The molecule has 1 atom stereocenters. The van der Waals surface area contributed by atoms with Crippen LogP contribution in [0.25, 0.3) is 16.6 Å². The number of carbonyl (C=O) groups is 5. The summed E-state index contributed by atoms with van der Waals surface area (Å²) in [7, 11) is 1.56. The molecule has 10 rings (SSSR count). The zero-order chi connectivity index (χ0) is 40.1. The number of aromatic nitrogens is 5. The van der Waals surface area contributed by atoms with Crippen molar-refractivity contribution in [1.82, 2.24) is 44.8 Å². The first-order valence-corrected chi connectivity index (χ1v) is 20.1. The third kappa shape index (κ3) is 7.49. The Morgan fingerprint density at radius 1 is 0.931 bits per heavy atom. The Morgan fingerprint density at radius 2 is 1.72 bits per heavy atom. The number of imide groups is 2. The van der Waals surface area contributed by atoms with Crippen LogP contribution in [0.5, 0.6) is 5.75 Å². The van der Waals surface area contributed by atoms with Crippen LogP contribution >= 0.6 is 11.6 Å². The van der Waals surface area contributed by atoms with Crippen LogP contribution < -0.4 is 20.3 Å². The number of halogens is 1. The van der Waals surface area contributed by atoms with Gasteiger partial charge < -0.3 is 19.9 Å². The molecule has 17 heteroatoms. The van der Waals surface area contributed by atoms with Gasteiger partial charge in [-0.2, -0.15) is 10.2 Å². The van der Waals surface area contributed by atoms with E-state index in [9.17, 15) is 24.0 Å². The fraction of sp³-hybridized carbons (Fsp3) is 0.415. The molecule has 7 heterocycles. The van der Waals surface area contributed by atoms with Crippen LogP contribution in [0.4, 0.5) is 5.69 Å². The summed E-state index contributed by atoms with van der Waals surface area (Å²) < 4.78 is 9.56. The van der Waals surface area contributed by atoms with Crippen molar-refractivity contribution in [3.8, 4) is 5.75 Å². The molecule has 5 aromatic rings. The molecule has 3 aromatic heterocycles. The maximum absolute atomic E-state index is 13.2. The van der Waals surface area contributed by atoms with E-state index in [4.69, 9.17) is 21.4 Å². The minimum Gasteiger partial charge on any atom is -0.493 e. The number of rotatable bonds is 9.